The molecule has 0 heterocycles. The second kappa shape index (κ2) is 7.97. The second-order valence-electron chi connectivity index (χ2n) is 3.97. The molecule has 0 spiro atoms. The Balaban J connectivity index is 2.19. The standard InChI is InChI=1S/C13H19BrClN/c1-2-3-4-5-6-9-16-11-7-8-13(15)12(14)10-11/h7-8,10,16H,2-6,9H2,1H3. The summed E-state index contributed by atoms with van der Waals surface area (Å²) in [6.45, 7) is 3.28. The molecule has 1 aromatic rings. The van der Waals surface area contributed by atoms with Gasteiger partial charge in [-0.2, -0.15) is 0 Å². The third-order valence-corrected chi connectivity index (χ3v) is 3.74. The number of benzene rings is 1. The van der Waals surface area contributed by atoms with Gasteiger partial charge in [0.05, 0.1) is 5.02 Å². The van der Waals surface area contributed by atoms with E-state index in [2.05, 4.69) is 28.2 Å². The highest BCUT2D eigenvalue weighted by Crippen LogP contribution is 2.25. The molecule has 0 unspecified atom stereocenters. The summed E-state index contributed by atoms with van der Waals surface area (Å²) in [5, 5.41) is 4.16. The van der Waals surface area contributed by atoms with Gasteiger partial charge in [-0.3, -0.25) is 0 Å². The van der Waals surface area contributed by atoms with Crippen LogP contribution in [0, 0.1) is 0 Å². The van der Waals surface area contributed by atoms with Crippen LogP contribution in [0.3, 0.4) is 0 Å². The average Bonchev–Trinajstić information content (AvgIpc) is 2.28. The van der Waals surface area contributed by atoms with Crippen molar-refractivity contribution in [2.75, 3.05) is 11.9 Å². The Labute approximate surface area is 112 Å². The van der Waals surface area contributed by atoms with Gasteiger partial charge < -0.3 is 5.32 Å². The molecule has 16 heavy (non-hydrogen) atoms. The van der Waals surface area contributed by atoms with Crippen LogP contribution in [-0.2, 0) is 0 Å². The molecule has 0 aromatic heterocycles. The third-order valence-electron chi connectivity index (χ3n) is 2.53. The smallest absolute Gasteiger partial charge is 0.0549 e. The summed E-state index contributed by atoms with van der Waals surface area (Å²) in [4.78, 5) is 0. The zero-order valence-corrected chi connectivity index (χ0v) is 12.1. The van der Waals surface area contributed by atoms with Gasteiger partial charge in [0, 0.05) is 16.7 Å². The van der Waals surface area contributed by atoms with Gasteiger partial charge in [0.1, 0.15) is 0 Å². The lowest BCUT2D eigenvalue weighted by Gasteiger charge is -2.07. The largest absolute Gasteiger partial charge is 0.385 e. The molecule has 0 atom stereocenters. The lowest BCUT2D eigenvalue weighted by Crippen LogP contribution is -2.01. The van der Waals surface area contributed by atoms with Crippen LogP contribution in [0.5, 0.6) is 0 Å². The molecule has 0 saturated carbocycles. The highest BCUT2D eigenvalue weighted by molar-refractivity contribution is 9.10. The summed E-state index contributed by atoms with van der Waals surface area (Å²) >= 11 is 9.34. The van der Waals surface area contributed by atoms with Crippen molar-refractivity contribution in [1.82, 2.24) is 0 Å². The van der Waals surface area contributed by atoms with Crippen LogP contribution in [0.25, 0.3) is 0 Å². The number of rotatable bonds is 7. The first-order chi connectivity index (χ1) is 7.74. The molecule has 1 nitrogen and oxygen atoms in total. The maximum Gasteiger partial charge on any atom is 0.0549 e. The van der Waals surface area contributed by atoms with Crippen LogP contribution in [-0.4, -0.2) is 6.54 Å². The first-order valence-electron chi connectivity index (χ1n) is 5.93. The van der Waals surface area contributed by atoms with Gasteiger partial charge in [0.2, 0.25) is 0 Å². The van der Waals surface area contributed by atoms with Crippen molar-refractivity contribution in [2.45, 2.75) is 39.0 Å². The fourth-order valence-corrected chi connectivity index (χ4v) is 2.06. The summed E-state index contributed by atoms with van der Waals surface area (Å²) in [6.07, 6.45) is 6.56. The molecule has 0 amide bonds. The number of nitrogens with one attached hydrogen (secondary N) is 1. The van der Waals surface area contributed by atoms with E-state index in [0.717, 1.165) is 21.7 Å². The molecule has 0 aliphatic carbocycles. The van der Waals surface area contributed by atoms with E-state index >= 15 is 0 Å². The first-order valence-corrected chi connectivity index (χ1v) is 7.10. The molecular formula is C13H19BrClN. The van der Waals surface area contributed by atoms with Gasteiger partial charge in [-0.25, -0.2) is 0 Å². The van der Waals surface area contributed by atoms with E-state index in [0.29, 0.717) is 0 Å². The predicted molar refractivity (Wildman–Crippen MR) is 76.4 cm³/mol. The Hall–Kier alpha value is -0.210. The van der Waals surface area contributed by atoms with Crippen molar-refractivity contribution in [1.29, 1.82) is 0 Å². The van der Waals surface area contributed by atoms with Gasteiger partial charge in [-0.1, -0.05) is 44.2 Å². The quantitative estimate of drug-likeness (QED) is 0.657. The summed E-state index contributed by atoms with van der Waals surface area (Å²) in [5.41, 5.74) is 1.13. The van der Waals surface area contributed by atoms with Gasteiger partial charge in [0.25, 0.3) is 0 Å². The molecule has 1 aromatic carbocycles. The molecule has 0 fully saturated rings. The van der Waals surface area contributed by atoms with Crippen molar-refractivity contribution in [3.8, 4) is 0 Å². The molecule has 0 saturated heterocycles. The fourth-order valence-electron chi connectivity index (χ4n) is 1.57. The SMILES string of the molecule is CCCCCCCNc1ccc(Cl)c(Br)c1. The third kappa shape index (κ3) is 5.22. The van der Waals surface area contributed by atoms with E-state index in [4.69, 9.17) is 11.6 Å². The maximum absolute atomic E-state index is 5.92. The molecule has 1 N–H and O–H groups in total. The highest BCUT2D eigenvalue weighted by atomic mass is 79.9. The van der Waals surface area contributed by atoms with Crippen molar-refractivity contribution in [2.24, 2.45) is 0 Å². The molecule has 0 aliphatic rings. The lowest BCUT2D eigenvalue weighted by atomic mass is 10.1. The summed E-state index contributed by atoms with van der Waals surface area (Å²) in [5.74, 6) is 0. The number of hydrogen-bond donors (Lipinski definition) is 1. The van der Waals surface area contributed by atoms with E-state index in [-0.39, 0.29) is 0 Å². The fraction of sp³-hybridized carbons (Fsp3) is 0.538. The molecule has 1 rings (SSSR count). The van der Waals surface area contributed by atoms with E-state index in [1.54, 1.807) is 0 Å². The average molecular weight is 305 g/mol. The number of hydrogen-bond acceptors (Lipinski definition) is 1. The van der Waals surface area contributed by atoms with Crippen molar-refractivity contribution < 1.29 is 0 Å². The Bertz CT molecular complexity index is 315. The molecule has 90 valence electrons. The van der Waals surface area contributed by atoms with Crippen LogP contribution in [0.15, 0.2) is 22.7 Å². The van der Waals surface area contributed by atoms with Crippen molar-refractivity contribution in [3.05, 3.63) is 27.7 Å². The summed E-state index contributed by atoms with van der Waals surface area (Å²) in [6, 6.07) is 5.94. The molecule has 0 radical (unpaired) electrons. The van der Waals surface area contributed by atoms with E-state index in [9.17, 15) is 0 Å². The van der Waals surface area contributed by atoms with Gasteiger partial charge in [-0.15, -0.1) is 0 Å². The summed E-state index contributed by atoms with van der Waals surface area (Å²) in [7, 11) is 0. The van der Waals surface area contributed by atoms with Gasteiger partial charge in [0.15, 0.2) is 0 Å². The second-order valence-corrected chi connectivity index (χ2v) is 5.23. The normalized spacial score (nSPS) is 10.4. The predicted octanol–water partition coefficient (Wildman–Crippen LogP) is 5.48. The Morgan fingerprint density at radius 3 is 2.62 bits per heavy atom. The maximum atomic E-state index is 5.92. The molecule has 0 aliphatic heterocycles. The lowest BCUT2D eigenvalue weighted by molar-refractivity contribution is 0.645. The molecular weight excluding hydrogens is 286 g/mol. The van der Waals surface area contributed by atoms with Crippen molar-refractivity contribution >= 4 is 33.2 Å². The first kappa shape index (κ1) is 13.9. The van der Waals surface area contributed by atoms with Crippen LogP contribution < -0.4 is 5.32 Å². The van der Waals surface area contributed by atoms with Crippen LogP contribution in [0.2, 0.25) is 5.02 Å². The van der Waals surface area contributed by atoms with E-state index in [1.807, 2.05) is 18.2 Å². The van der Waals surface area contributed by atoms with E-state index in [1.165, 1.54) is 32.1 Å². The van der Waals surface area contributed by atoms with Crippen molar-refractivity contribution in [3.63, 3.8) is 0 Å². The van der Waals surface area contributed by atoms with E-state index < -0.39 is 0 Å². The summed E-state index contributed by atoms with van der Waals surface area (Å²) < 4.78 is 0.949. The number of unbranched alkanes of at least 4 members (excludes halogenated alkanes) is 4. The van der Waals surface area contributed by atoms with Crippen LogP contribution >= 0.6 is 27.5 Å². The monoisotopic (exact) mass is 303 g/mol. The number of halogens is 2. The van der Waals surface area contributed by atoms with Crippen LogP contribution in [0.1, 0.15) is 39.0 Å². The Morgan fingerprint density at radius 1 is 1.19 bits per heavy atom. The minimum absolute atomic E-state index is 0.758. The van der Waals surface area contributed by atoms with Crippen LogP contribution in [0.4, 0.5) is 5.69 Å². The zero-order valence-electron chi connectivity index (χ0n) is 9.73. The highest BCUT2D eigenvalue weighted by Gasteiger charge is 1.98. The van der Waals surface area contributed by atoms with Gasteiger partial charge >= 0.3 is 0 Å². The minimum atomic E-state index is 0.758. The number of anilines is 1. The Kier molecular flexibility index (Phi) is 6.90. The zero-order chi connectivity index (χ0) is 11.8. The molecule has 0 bridgehead atoms. The van der Waals surface area contributed by atoms with Gasteiger partial charge in [-0.05, 0) is 40.5 Å². The molecule has 3 heteroatoms. The minimum Gasteiger partial charge on any atom is -0.385 e. The topological polar surface area (TPSA) is 12.0 Å². The Morgan fingerprint density at radius 2 is 1.94 bits per heavy atom.